The topological polar surface area (TPSA) is 66.6 Å². The maximum atomic E-state index is 5.78. The second kappa shape index (κ2) is 7.50. The first-order chi connectivity index (χ1) is 10.2. The van der Waals surface area contributed by atoms with Gasteiger partial charge < -0.3 is 19.9 Å². The van der Waals surface area contributed by atoms with Crippen LogP contribution in [0.25, 0.3) is 0 Å². The van der Waals surface area contributed by atoms with Crippen LogP contribution < -0.4 is 15.2 Å². The zero-order valence-electron chi connectivity index (χ0n) is 12.3. The van der Waals surface area contributed by atoms with Crippen molar-refractivity contribution in [1.82, 2.24) is 4.98 Å². The summed E-state index contributed by atoms with van der Waals surface area (Å²) in [4.78, 5) is 4.24. The summed E-state index contributed by atoms with van der Waals surface area (Å²) in [6.07, 6.45) is 0.880. The van der Waals surface area contributed by atoms with E-state index in [0.717, 1.165) is 12.2 Å². The van der Waals surface area contributed by atoms with Crippen molar-refractivity contribution in [2.24, 2.45) is 0 Å². The molecule has 0 aliphatic rings. The number of rotatable bonds is 7. The van der Waals surface area contributed by atoms with Gasteiger partial charge in [-0.15, -0.1) is 0 Å². The van der Waals surface area contributed by atoms with Crippen molar-refractivity contribution in [1.29, 1.82) is 0 Å². The molecule has 0 bridgehead atoms. The van der Waals surface area contributed by atoms with Crippen LogP contribution in [-0.2, 0) is 11.2 Å². The van der Waals surface area contributed by atoms with Crippen LogP contribution in [0.3, 0.4) is 0 Å². The Morgan fingerprint density at radius 1 is 1.10 bits per heavy atom. The van der Waals surface area contributed by atoms with Crippen molar-refractivity contribution in [3.8, 4) is 17.5 Å². The van der Waals surface area contributed by atoms with Crippen LogP contribution in [-0.4, -0.2) is 25.3 Å². The molecule has 0 atom stereocenters. The molecular weight excluding hydrogens is 268 g/mol. The Kier molecular flexibility index (Phi) is 5.40. The lowest BCUT2D eigenvalue weighted by Crippen LogP contribution is -2.00. The molecule has 0 amide bonds. The number of nitrogen functional groups attached to an aromatic ring is 1. The van der Waals surface area contributed by atoms with E-state index in [1.165, 1.54) is 5.56 Å². The van der Waals surface area contributed by atoms with Crippen molar-refractivity contribution in [2.75, 3.05) is 26.1 Å². The van der Waals surface area contributed by atoms with Crippen molar-refractivity contribution in [2.45, 2.75) is 13.3 Å². The van der Waals surface area contributed by atoms with E-state index in [0.29, 0.717) is 30.7 Å². The summed E-state index contributed by atoms with van der Waals surface area (Å²) in [6, 6.07) is 11.3. The normalized spacial score (nSPS) is 10.4. The lowest BCUT2D eigenvalue weighted by Gasteiger charge is -2.09. The first-order valence-electron chi connectivity index (χ1n) is 6.88. The lowest BCUT2D eigenvalue weighted by atomic mass is 10.1. The molecule has 1 heterocycles. The van der Waals surface area contributed by atoms with Gasteiger partial charge in [0.15, 0.2) is 0 Å². The molecule has 1 aromatic heterocycles. The van der Waals surface area contributed by atoms with E-state index in [4.69, 9.17) is 19.9 Å². The lowest BCUT2D eigenvalue weighted by molar-refractivity contribution is 0.202. The Morgan fingerprint density at radius 3 is 2.52 bits per heavy atom. The van der Waals surface area contributed by atoms with E-state index in [2.05, 4.69) is 4.98 Å². The summed E-state index contributed by atoms with van der Waals surface area (Å²) < 4.78 is 16.1. The molecule has 0 fully saturated rings. The molecule has 0 radical (unpaired) electrons. The van der Waals surface area contributed by atoms with E-state index in [-0.39, 0.29) is 0 Å². The fourth-order valence-corrected chi connectivity index (χ4v) is 1.81. The molecule has 5 nitrogen and oxygen atoms in total. The van der Waals surface area contributed by atoms with Gasteiger partial charge in [0.1, 0.15) is 5.75 Å². The van der Waals surface area contributed by atoms with Gasteiger partial charge in [0.05, 0.1) is 18.9 Å². The third-order valence-corrected chi connectivity index (χ3v) is 2.89. The summed E-state index contributed by atoms with van der Waals surface area (Å²) in [6.45, 7) is 3.10. The fraction of sp³-hybridized carbons (Fsp3) is 0.312. The van der Waals surface area contributed by atoms with E-state index >= 15 is 0 Å². The number of anilines is 1. The van der Waals surface area contributed by atoms with Gasteiger partial charge in [-0.25, -0.2) is 0 Å². The summed E-state index contributed by atoms with van der Waals surface area (Å²) >= 11 is 0. The quantitative estimate of drug-likeness (QED) is 0.848. The third kappa shape index (κ3) is 4.36. The predicted octanol–water partition coefficient (Wildman–Crippen LogP) is 3.04. The van der Waals surface area contributed by atoms with E-state index < -0.39 is 0 Å². The monoisotopic (exact) mass is 288 g/mol. The van der Waals surface area contributed by atoms with Crippen molar-refractivity contribution < 1.29 is 14.2 Å². The fourth-order valence-electron chi connectivity index (χ4n) is 1.81. The Balaban J connectivity index is 2.05. The highest BCUT2D eigenvalue weighted by Crippen LogP contribution is 2.26. The molecule has 2 N–H and O–H groups in total. The van der Waals surface area contributed by atoms with Crippen LogP contribution in [0.15, 0.2) is 36.4 Å². The van der Waals surface area contributed by atoms with Crippen LogP contribution in [0.2, 0.25) is 0 Å². The van der Waals surface area contributed by atoms with Crippen LogP contribution in [0.4, 0.5) is 5.69 Å². The van der Waals surface area contributed by atoms with Crippen LogP contribution in [0.5, 0.6) is 17.5 Å². The Hall–Kier alpha value is -2.27. The maximum absolute atomic E-state index is 5.78. The van der Waals surface area contributed by atoms with Gasteiger partial charge in [-0.05, 0) is 37.1 Å². The summed E-state index contributed by atoms with van der Waals surface area (Å²) in [5.74, 6) is 1.57. The second-order valence-electron chi connectivity index (χ2n) is 4.47. The molecule has 5 heteroatoms. The molecule has 0 saturated carbocycles. The van der Waals surface area contributed by atoms with Crippen LogP contribution in [0, 0.1) is 0 Å². The molecule has 0 unspecified atom stereocenters. The van der Waals surface area contributed by atoms with Gasteiger partial charge in [-0.2, -0.15) is 4.98 Å². The zero-order chi connectivity index (χ0) is 15.1. The standard InChI is InChI=1S/C16H20N2O3/c1-3-20-16-14(17)8-9-15(18-16)21-13-6-4-12(5-7-13)10-11-19-2/h4-9H,3,10-11,17H2,1-2H3. The molecule has 0 saturated heterocycles. The van der Waals surface area contributed by atoms with Gasteiger partial charge in [-0.3, -0.25) is 0 Å². The number of hydrogen-bond donors (Lipinski definition) is 1. The highest BCUT2D eigenvalue weighted by atomic mass is 16.5. The Bertz CT molecular complexity index is 570. The number of benzene rings is 1. The molecule has 2 rings (SSSR count). The highest BCUT2D eigenvalue weighted by Gasteiger charge is 2.06. The largest absolute Gasteiger partial charge is 0.476 e. The molecule has 0 aliphatic heterocycles. The number of nitrogens with zero attached hydrogens (tertiary/aromatic N) is 1. The molecule has 1 aromatic carbocycles. The predicted molar refractivity (Wildman–Crippen MR) is 81.9 cm³/mol. The van der Waals surface area contributed by atoms with Gasteiger partial charge in [-0.1, -0.05) is 12.1 Å². The SMILES string of the molecule is CCOc1nc(Oc2ccc(CCOC)cc2)ccc1N. The number of ether oxygens (including phenoxy) is 3. The summed E-state index contributed by atoms with van der Waals surface area (Å²) in [7, 11) is 1.69. The third-order valence-electron chi connectivity index (χ3n) is 2.89. The number of aromatic nitrogens is 1. The smallest absolute Gasteiger partial charge is 0.240 e. The Labute approximate surface area is 124 Å². The van der Waals surface area contributed by atoms with Crippen LogP contribution >= 0.6 is 0 Å². The van der Waals surface area contributed by atoms with Crippen molar-refractivity contribution >= 4 is 5.69 Å². The second-order valence-corrected chi connectivity index (χ2v) is 4.47. The maximum Gasteiger partial charge on any atom is 0.240 e. The minimum atomic E-state index is 0.395. The number of nitrogens with two attached hydrogens (primary N) is 1. The van der Waals surface area contributed by atoms with Gasteiger partial charge in [0.2, 0.25) is 11.8 Å². The van der Waals surface area contributed by atoms with Gasteiger partial charge in [0.25, 0.3) is 0 Å². The van der Waals surface area contributed by atoms with Crippen molar-refractivity contribution in [3.05, 3.63) is 42.0 Å². The molecule has 112 valence electrons. The van der Waals surface area contributed by atoms with Gasteiger partial charge in [0, 0.05) is 13.2 Å². The average molecular weight is 288 g/mol. The molecular formula is C16H20N2O3. The Morgan fingerprint density at radius 2 is 1.86 bits per heavy atom. The average Bonchev–Trinajstić information content (AvgIpc) is 2.50. The van der Waals surface area contributed by atoms with E-state index in [1.54, 1.807) is 19.2 Å². The van der Waals surface area contributed by atoms with E-state index in [9.17, 15) is 0 Å². The molecule has 2 aromatic rings. The zero-order valence-corrected chi connectivity index (χ0v) is 12.3. The summed E-state index contributed by atoms with van der Waals surface area (Å²) in [5.41, 5.74) is 7.48. The van der Waals surface area contributed by atoms with Crippen molar-refractivity contribution in [3.63, 3.8) is 0 Å². The van der Waals surface area contributed by atoms with Gasteiger partial charge >= 0.3 is 0 Å². The first-order valence-corrected chi connectivity index (χ1v) is 6.88. The minimum absolute atomic E-state index is 0.395. The highest BCUT2D eigenvalue weighted by molar-refractivity contribution is 5.49. The van der Waals surface area contributed by atoms with Crippen LogP contribution in [0.1, 0.15) is 12.5 Å². The summed E-state index contributed by atoms with van der Waals surface area (Å²) in [5, 5.41) is 0. The molecule has 0 aliphatic carbocycles. The number of pyridine rings is 1. The number of hydrogen-bond acceptors (Lipinski definition) is 5. The molecule has 0 spiro atoms. The molecule has 21 heavy (non-hydrogen) atoms. The van der Waals surface area contributed by atoms with E-state index in [1.807, 2.05) is 31.2 Å². The first kappa shape index (κ1) is 15.1. The minimum Gasteiger partial charge on any atom is -0.476 e. The number of methoxy groups -OCH3 is 1.